The maximum atomic E-state index is 3.20. The van der Waals surface area contributed by atoms with Gasteiger partial charge in [-0.3, -0.25) is 0 Å². The van der Waals surface area contributed by atoms with E-state index in [4.69, 9.17) is 0 Å². The molecule has 2 rings (SSSR count). The highest BCUT2D eigenvalue weighted by atomic mass is 14.8. The van der Waals surface area contributed by atoms with Gasteiger partial charge in [-0.25, -0.2) is 0 Å². The minimum absolute atomic E-state index is 1.03. The third-order valence-corrected chi connectivity index (χ3v) is 3.92. The summed E-state index contributed by atoms with van der Waals surface area (Å²) in [7, 11) is 2.02. The molecule has 0 saturated heterocycles. The van der Waals surface area contributed by atoms with Crippen molar-refractivity contribution >= 4 is 0 Å². The highest BCUT2D eigenvalue weighted by Crippen LogP contribution is 2.13. The van der Waals surface area contributed by atoms with Crippen molar-refractivity contribution in [3.63, 3.8) is 0 Å². The predicted molar refractivity (Wildman–Crippen MR) is 91.8 cm³/mol. The number of hydrogen-bond acceptors (Lipinski definition) is 1. The van der Waals surface area contributed by atoms with Gasteiger partial charge in [0.15, 0.2) is 0 Å². The largest absolute Gasteiger partial charge is 0.320 e. The Kier molecular flexibility index (Phi) is 7.03. The molecule has 0 radical (unpaired) electrons. The van der Waals surface area contributed by atoms with Crippen LogP contribution in [-0.4, -0.2) is 13.6 Å². The van der Waals surface area contributed by atoms with Crippen molar-refractivity contribution in [3.05, 3.63) is 71.3 Å². The van der Waals surface area contributed by atoms with Gasteiger partial charge in [0, 0.05) is 0 Å². The van der Waals surface area contributed by atoms with Crippen molar-refractivity contribution in [1.82, 2.24) is 5.32 Å². The fourth-order valence-electron chi connectivity index (χ4n) is 2.64. The molecule has 2 aromatic rings. The maximum absolute atomic E-state index is 3.20. The van der Waals surface area contributed by atoms with E-state index in [2.05, 4.69) is 59.9 Å². The van der Waals surface area contributed by atoms with E-state index in [0.29, 0.717) is 0 Å². The molecule has 0 aromatic heterocycles. The lowest BCUT2D eigenvalue weighted by Crippen LogP contribution is -2.06. The predicted octanol–water partition coefficient (Wildman–Crippen LogP) is 4.60. The Hall–Kier alpha value is -1.60. The standard InChI is InChI=1S/C20H27N/c1-21-16-8-3-2-5-9-18-12-14-20(15-13-18)17-19-10-6-4-7-11-19/h4,6-7,10-15,21H,2-3,5,8-9,16-17H2,1H3. The SMILES string of the molecule is CNCCCCCCc1ccc(Cc2ccccc2)cc1. The van der Waals surface area contributed by atoms with Crippen molar-refractivity contribution in [2.24, 2.45) is 0 Å². The van der Waals surface area contributed by atoms with E-state index < -0.39 is 0 Å². The maximum Gasteiger partial charge on any atom is -0.00258 e. The van der Waals surface area contributed by atoms with Crippen molar-refractivity contribution < 1.29 is 0 Å². The van der Waals surface area contributed by atoms with E-state index in [0.717, 1.165) is 13.0 Å². The van der Waals surface area contributed by atoms with Crippen molar-refractivity contribution in [2.45, 2.75) is 38.5 Å². The number of unbranched alkanes of at least 4 members (excludes halogenated alkanes) is 3. The summed E-state index contributed by atoms with van der Waals surface area (Å²) in [5.41, 5.74) is 4.26. The molecule has 2 aromatic carbocycles. The Bertz CT molecular complexity index is 487. The van der Waals surface area contributed by atoms with Gasteiger partial charge >= 0.3 is 0 Å². The third-order valence-electron chi connectivity index (χ3n) is 3.92. The zero-order valence-electron chi connectivity index (χ0n) is 13.1. The van der Waals surface area contributed by atoms with E-state index in [-0.39, 0.29) is 0 Å². The molecule has 0 heterocycles. The number of aryl methyl sites for hydroxylation is 1. The lowest BCUT2D eigenvalue weighted by Gasteiger charge is -2.05. The van der Waals surface area contributed by atoms with E-state index in [1.54, 1.807) is 0 Å². The third kappa shape index (κ3) is 6.14. The van der Waals surface area contributed by atoms with Crippen LogP contribution in [0, 0.1) is 0 Å². The molecule has 0 unspecified atom stereocenters. The zero-order chi connectivity index (χ0) is 14.8. The van der Waals surface area contributed by atoms with Gasteiger partial charge in [-0.1, -0.05) is 67.4 Å². The smallest absolute Gasteiger partial charge is 0.00258 e. The van der Waals surface area contributed by atoms with Crippen LogP contribution in [0.2, 0.25) is 0 Å². The van der Waals surface area contributed by atoms with Crippen LogP contribution in [0.1, 0.15) is 42.4 Å². The molecule has 112 valence electrons. The monoisotopic (exact) mass is 281 g/mol. The van der Waals surface area contributed by atoms with Gasteiger partial charge in [-0.15, -0.1) is 0 Å². The van der Waals surface area contributed by atoms with Gasteiger partial charge in [0.25, 0.3) is 0 Å². The Morgan fingerprint density at radius 2 is 1.29 bits per heavy atom. The molecule has 0 saturated carbocycles. The topological polar surface area (TPSA) is 12.0 Å². The van der Waals surface area contributed by atoms with E-state index in [1.165, 1.54) is 48.8 Å². The van der Waals surface area contributed by atoms with Gasteiger partial charge in [0.05, 0.1) is 0 Å². The average molecular weight is 281 g/mol. The normalized spacial score (nSPS) is 10.7. The number of hydrogen-bond donors (Lipinski definition) is 1. The second-order valence-corrected chi connectivity index (χ2v) is 5.75. The summed E-state index contributed by atoms with van der Waals surface area (Å²) >= 11 is 0. The fraction of sp³-hybridized carbons (Fsp3) is 0.400. The molecule has 1 N–H and O–H groups in total. The van der Waals surface area contributed by atoms with Gasteiger partial charge in [0.1, 0.15) is 0 Å². The van der Waals surface area contributed by atoms with Crippen molar-refractivity contribution in [2.75, 3.05) is 13.6 Å². The molecule has 1 heteroatoms. The summed E-state index contributed by atoms with van der Waals surface area (Å²) in [4.78, 5) is 0. The molecular weight excluding hydrogens is 254 g/mol. The van der Waals surface area contributed by atoms with Crippen LogP contribution in [0.25, 0.3) is 0 Å². The Morgan fingerprint density at radius 1 is 0.667 bits per heavy atom. The minimum atomic E-state index is 1.03. The Balaban J connectivity index is 1.72. The molecular formula is C20H27N. The first-order valence-corrected chi connectivity index (χ1v) is 8.15. The molecule has 0 aliphatic carbocycles. The van der Waals surface area contributed by atoms with Crippen LogP contribution in [0.15, 0.2) is 54.6 Å². The number of rotatable bonds is 9. The molecule has 0 fully saturated rings. The molecule has 0 aliphatic rings. The van der Waals surface area contributed by atoms with Crippen LogP contribution in [0.3, 0.4) is 0 Å². The Morgan fingerprint density at radius 3 is 2.00 bits per heavy atom. The van der Waals surface area contributed by atoms with Crippen LogP contribution in [0.5, 0.6) is 0 Å². The summed E-state index contributed by atoms with van der Waals surface area (Å²) in [5, 5.41) is 3.20. The first-order chi connectivity index (χ1) is 10.4. The van der Waals surface area contributed by atoms with Gasteiger partial charge in [-0.2, -0.15) is 0 Å². The van der Waals surface area contributed by atoms with Crippen LogP contribution < -0.4 is 5.32 Å². The second kappa shape index (κ2) is 9.36. The summed E-state index contributed by atoms with van der Waals surface area (Å²) in [6, 6.07) is 19.8. The first-order valence-electron chi connectivity index (χ1n) is 8.15. The van der Waals surface area contributed by atoms with Crippen LogP contribution >= 0.6 is 0 Å². The minimum Gasteiger partial charge on any atom is -0.320 e. The molecule has 0 bridgehead atoms. The quantitative estimate of drug-likeness (QED) is 0.662. The first kappa shape index (κ1) is 15.8. The van der Waals surface area contributed by atoms with E-state index in [1.807, 2.05) is 7.05 Å². The number of benzene rings is 2. The highest BCUT2D eigenvalue weighted by molar-refractivity contribution is 5.28. The number of nitrogens with one attached hydrogen (secondary N) is 1. The van der Waals surface area contributed by atoms with E-state index in [9.17, 15) is 0 Å². The van der Waals surface area contributed by atoms with Crippen molar-refractivity contribution in [1.29, 1.82) is 0 Å². The van der Waals surface area contributed by atoms with Gasteiger partial charge < -0.3 is 5.32 Å². The molecule has 1 nitrogen and oxygen atoms in total. The fourth-order valence-corrected chi connectivity index (χ4v) is 2.64. The summed E-state index contributed by atoms with van der Waals surface area (Å²) in [5.74, 6) is 0. The lowest BCUT2D eigenvalue weighted by molar-refractivity contribution is 0.616. The summed E-state index contributed by atoms with van der Waals surface area (Å²) in [6.07, 6.45) is 7.53. The molecule has 0 spiro atoms. The summed E-state index contributed by atoms with van der Waals surface area (Å²) < 4.78 is 0. The molecule has 21 heavy (non-hydrogen) atoms. The highest BCUT2D eigenvalue weighted by Gasteiger charge is 1.98. The zero-order valence-corrected chi connectivity index (χ0v) is 13.1. The lowest BCUT2D eigenvalue weighted by atomic mass is 10.0. The van der Waals surface area contributed by atoms with Crippen LogP contribution in [0.4, 0.5) is 0 Å². The molecule has 0 atom stereocenters. The molecule has 0 aliphatic heterocycles. The van der Waals surface area contributed by atoms with Crippen LogP contribution in [-0.2, 0) is 12.8 Å². The van der Waals surface area contributed by atoms with Gasteiger partial charge in [0.2, 0.25) is 0 Å². The van der Waals surface area contributed by atoms with E-state index >= 15 is 0 Å². The summed E-state index contributed by atoms with van der Waals surface area (Å²) in [6.45, 7) is 1.15. The van der Waals surface area contributed by atoms with Crippen molar-refractivity contribution in [3.8, 4) is 0 Å². The second-order valence-electron chi connectivity index (χ2n) is 5.75. The van der Waals surface area contributed by atoms with Gasteiger partial charge in [-0.05, 0) is 56.0 Å². The Labute approximate surface area is 129 Å². The average Bonchev–Trinajstić information content (AvgIpc) is 2.53. The molecule has 0 amide bonds.